The van der Waals surface area contributed by atoms with Crippen LogP contribution in [-0.4, -0.2) is 17.3 Å². The molecule has 0 aliphatic rings. The van der Waals surface area contributed by atoms with E-state index in [1.165, 1.54) is 0 Å². The van der Waals surface area contributed by atoms with Gasteiger partial charge in [-0.2, -0.15) is 4.98 Å². The van der Waals surface area contributed by atoms with Gasteiger partial charge in [0, 0.05) is 10.9 Å². The summed E-state index contributed by atoms with van der Waals surface area (Å²) in [7, 11) is 1.63. The zero-order chi connectivity index (χ0) is 16.0. The highest BCUT2D eigenvalue weighted by Gasteiger charge is 2.20. The molecular formula is C16H11BrN2O4. The van der Waals surface area contributed by atoms with Gasteiger partial charge in [-0.25, -0.2) is 0 Å². The number of methoxy groups -OCH3 is 1. The smallest absolute Gasteiger partial charge is 0.294 e. The Morgan fingerprint density at radius 3 is 2.74 bits per heavy atom. The predicted molar refractivity (Wildman–Crippen MR) is 86.2 cm³/mol. The third-order valence-electron chi connectivity index (χ3n) is 3.56. The first-order valence-electron chi connectivity index (χ1n) is 6.82. The predicted octanol–water partition coefficient (Wildman–Crippen LogP) is 4.82. The topological polar surface area (TPSA) is 74.4 Å². The standard InChI is InChI=1S/C16H11BrN2O4/c1-8-10-7-9(20-2)3-4-11(10)22-14(8)15-18-16(23-19-15)12-5-6-13(17)21-12/h3-7H,1-2H3. The van der Waals surface area contributed by atoms with Crippen LogP contribution in [0, 0.1) is 6.92 Å². The number of hydrogen-bond acceptors (Lipinski definition) is 6. The molecule has 116 valence electrons. The third-order valence-corrected chi connectivity index (χ3v) is 3.98. The van der Waals surface area contributed by atoms with E-state index in [1.54, 1.807) is 19.2 Å². The van der Waals surface area contributed by atoms with E-state index in [0.717, 1.165) is 22.3 Å². The molecule has 0 aliphatic carbocycles. The van der Waals surface area contributed by atoms with Crippen LogP contribution in [0.15, 0.2) is 48.4 Å². The molecule has 0 aliphatic heterocycles. The van der Waals surface area contributed by atoms with Crippen LogP contribution in [0.1, 0.15) is 5.56 Å². The molecule has 3 heterocycles. The van der Waals surface area contributed by atoms with Gasteiger partial charge in [0.05, 0.1) is 7.11 Å². The van der Waals surface area contributed by atoms with Crippen molar-refractivity contribution >= 4 is 26.9 Å². The largest absolute Gasteiger partial charge is 0.497 e. The van der Waals surface area contributed by atoms with Crippen molar-refractivity contribution in [2.75, 3.05) is 7.11 Å². The van der Waals surface area contributed by atoms with Crippen molar-refractivity contribution in [2.24, 2.45) is 0 Å². The van der Waals surface area contributed by atoms with Crippen LogP contribution in [0.4, 0.5) is 0 Å². The highest BCUT2D eigenvalue weighted by Crippen LogP contribution is 2.34. The Kier molecular flexibility index (Phi) is 3.23. The Balaban J connectivity index is 1.80. The molecule has 4 rings (SSSR count). The lowest BCUT2D eigenvalue weighted by molar-refractivity contribution is 0.413. The minimum Gasteiger partial charge on any atom is -0.497 e. The minimum atomic E-state index is 0.295. The van der Waals surface area contributed by atoms with E-state index < -0.39 is 0 Å². The molecule has 0 N–H and O–H groups in total. The lowest BCUT2D eigenvalue weighted by Gasteiger charge is -1.97. The van der Waals surface area contributed by atoms with E-state index >= 15 is 0 Å². The molecule has 0 fully saturated rings. The summed E-state index contributed by atoms with van der Waals surface area (Å²) in [6, 6.07) is 9.13. The molecule has 3 aromatic heterocycles. The average molecular weight is 375 g/mol. The van der Waals surface area contributed by atoms with Gasteiger partial charge in [0.15, 0.2) is 16.2 Å². The maximum atomic E-state index is 5.86. The molecule has 0 atom stereocenters. The Morgan fingerprint density at radius 2 is 2.00 bits per heavy atom. The highest BCUT2D eigenvalue weighted by molar-refractivity contribution is 9.10. The fourth-order valence-electron chi connectivity index (χ4n) is 2.39. The van der Waals surface area contributed by atoms with Crippen molar-refractivity contribution in [3.05, 3.63) is 40.6 Å². The van der Waals surface area contributed by atoms with Gasteiger partial charge < -0.3 is 18.1 Å². The minimum absolute atomic E-state index is 0.295. The molecule has 7 heteroatoms. The number of nitrogens with zero attached hydrogens (tertiary/aromatic N) is 2. The molecule has 0 unspecified atom stereocenters. The quantitative estimate of drug-likeness (QED) is 0.511. The van der Waals surface area contributed by atoms with E-state index in [9.17, 15) is 0 Å². The van der Waals surface area contributed by atoms with Gasteiger partial charge >= 0.3 is 0 Å². The summed E-state index contributed by atoms with van der Waals surface area (Å²) in [4.78, 5) is 4.35. The first-order chi connectivity index (χ1) is 11.2. The maximum absolute atomic E-state index is 5.86. The summed E-state index contributed by atoms with van der Waals surface area (Å²) in [6.45, 7) is 1.94. The summed E-state index contributed by atoms with van der Waals surface area (Å²) in [5.74, 6) is 2.49. The van der Waals surface area contributed by atoms with Crippen molar-refractivity contribution in [1.82, 2.24) is 10.1 Å². The Bertz CT molecular complexity index is 999. The van der Waals surface area contributed by atoms with Crippen molar-refractivity contribution in [3.63, 3.8) is 0 Å². The van der Waals surface area contributed by atoms with Crippen LogP contribution in [0.5, 0.6) is 5.75 Å². The van der Waals surface area contributed by atoms with E-state index in [0.29, 0.717) is 27.9 Å². The molecule has 0 bridgehead atoms. The Hall–Kier alpha value is -2.54. The Labute approximate surface area is 139 Å². The van der Waals surface area contributed by atoms with Crippen molar-refractivity contribution in [1.29, 1.82) is 0 Å². The van der Waals surface area contributed by atoms with Crippen LogP contribution >= 0.6 is 15.9 Å². The van der Waals surface area contributed by atoms with E-state index in [4.69, 9.17) is 18.1 Å². The number of benzene rings is 1. The molecule has 23 heavy (non-hydrogen) atoms. The van der Waals surface area contributed by atoms with Crippen molar-refractivity contribution < 1.29 is 18.1 Å². The van der Waals surface area contributed by atoms with Crippen LogP contribution in [0.25, 0.3) is 34.2 Å². The average Bonchev–Trinajstić information content (AvgIpc) is 3.26. The van der Waals surface area contributed by atoms with E-state index in [2.05, 4.69) is 26.1 Å². The number of ether oxygens (including phenoxy) is 1. The molecule has 0 saturated carbocycles. The van der Waals surface area contributed by atoms with Gasteiger partial charge in [0.1, 0.15) is 11.3 Å². The SMILES string of the molecule is COc1ccc2oc(-c3noc(-c4ccc(Br)o4)n3)c(C)c2c1. The molecule has 0 radical (unpaired) electrons. The summed E-state index contributed by atoms with van der Waals surface area (Å²) in [6.07, 6.45) is 0. The van der Waals surface area contributed by atoms with Crippen LogP contribution in [-0.2, 0) is 0 Å². The Morgan fingerprint density at radius 1 is 1.13 bits per heavy atom. The van der Waals surface area contributed by atoms with Crippen molar-refractivity contribution in [3.8, 4) is 29.0 Å². The molecule has 4 aromatic rings. The molecule has 0 spiro atoms. The van der Waals surface area contributed by atoms with E-state index in [1.807, 2.05) is 25.1 Å². The summed E-state index contributed by atoms with van der Waals surface area (Å²) in [5.41, 5.74) is 1.66. The first-order valence-corrected chi connectivity index (χ1v) is 7.62. The van der Waals surface area contributed by atoms with Gasteiger partial charge in [-0.05, 0) is 53.2 Å². The van der Waals surface area contributed by atoms with Crippen LogP contribution in [0.3, 0.4) is 0 Å². The monoisotopic (exact) mass is 374 g/mol. The lowest BCUT2D eigenvalue weighted by Crippen LogP contribution is -1.82. The molecular weight excluding hydrogens is 364 g/mol. The number of furan rings is 2. The second-order valence-electron chi connectivity index (χ2n) is 4.95. The molecule has 6 nitrogen and oxygen atoms in total. The summed E-state index contributed by atoms with van der Waals surface area (Å²) >= 11 is 3.24. The highest BCUT2D eigenvalue weighted by atomic mass is 79.9. The number of rotatable bonds is 3. The summed E-state index contributed by atoms with van der Waals surface area (Å²) < 4.78 is 22.4. The third kappa shape index (κ3) is 2.33. The second-order valence-corrected chi connectivity index (χ2v) is 5.73. The zero-order valence-corrected chi connectivity index (χ0v) is 13.9. The molecule has 1 aromatic carbocycles. The van der Waals surface area contributed by atoms with Gasteiger partial charge in [-0.15, -0.1) is 0 Å². The summed E-state index contributed by atoms with van der Waals surface area (Å²) in [5, 5.41) is 4.93. The molecule has 0 amide bonds. The maximum Gasteiger partial charge on any atom is 0.294 e. The number of halogens is 1. The lowest BCUT2D eigenvalue weighted by atomic mass is 10.1. The zero-order valence-electron chi connectivity index (χ0n) is 12.3. The number of aromatic nitrogens is 2. The number of aryl methyl sites for hydroxylation is 1. The van der Waals surface area contributed by atoms with Crippen molar-refractivity contribution in [2.45, 2.75) is 6.92 Å². The van der Waals surface area contributed by atoms with Gasteiger partial charge in [0.25, 0.3) is 5.89 Å². The van der Waals surface area contributed by atoms with Crippen LogP contribution < -0.4 is 4.74 Å². The fraction of sp³-hybridized carbons (Fsp3) is 0.125. The second kappa shape index (κ2) is 5.27. The molecule has 0 saturated heterocycles. The van der Waals surface area contributed by atoms with E-state index in [-0.39, 0.29) is 0 Å². The van der Waals surface area contributed by atoms with Crippen LogP contribution in [0.2, 0.25) is 0 Å². The first kappa shape index (κ1) is 14.1. The van der Waals surface area contributed by atoms with Gasteiger partial charge in [0.2, 0.25) is 5.82 Å². The van der Waals surface area contributed by atoms with Gasteiger partial charge in [-0.3, -0.25) is 0 Å². The number of hydrogen-bond donors (Lipinski definition) is 0. The normalized spacial score (nSPS) is 11.3. The fourth-order valence-corrected chi connectivity index (χ4v) is 2.69. The van der Waals surface area contributed by atoms with Gasteiger partial charge in [-0.1, -0.05) is 5.16 Å². The number of fused-ring (bicyclic) bond motifs is 1.